The van der Waals surface area contributed by atoms with Crippen molar-refractivity contribution in [2.75, 3.05) is 7.11 Å². The van der Waals surface area contributed by atoms with E-state index in [9.17, 15) is 9.90 Å². The molecule has 7 aromatic carbocycles. The normalized spacial score (nSPS) is 10.8. The Labute approximate surface area is 371 Å². The van der Waals surface area contributed by atoms with Crippen LogP contribution >= 0.6 is 79.6 Å². The van der Waals surface area contributed by atoms with Crippen LogP contribution in [-0.4, -0.2) is 18.2 Å². The van der Waals surface area contributed by atoms with Gasteiger partial charge in [-0.1, -0.05) is 193 Å². The molecule has 0 spiro atoms. The number of aryl methyl sites for hydroxylation is 3. The number of benzene rings is 7. The molecule has 0 aliphatic carbocycles. The monoisotopic (exact) mass is 1060 g/mol. The SMILES string of the molecule is COC(=O)c1cc(Br)ccc1-c1ccc(Br)cc1.Cc1ccc(Br)cc1.Cc1ccc(C(O)(c2ccc(C)cc2)c2cc(Br)ccc2-c2ccc(Br)cc2)cc1. The first-order valence-corrected chi connectivity index (χ1v) is 21.5. The van der Waals surface area contributed by atoms with Crippen molar-refractivity contribution >= 4 is 85.6 Å². The second-order valence-corrected chi connectivity index (χ2v) is 17.7. The van der Waals surface area contributed by atoms with E-state index in [2.05, 4.69) is 131 Å². The van der Waals surface area contributed by atoms with Gasteiger partial charge in [0.05, 0.1) is 12.7 Å². The zero-order valence-electron chi connectivity index (χ0n) is 31.2. The van der Waals surface area contributed by atoms with Gasteiger partial charge in [0, 0.05) is 27.9 Å². The van der Waals surface area contributed by atoms with E-state index < -0.39 is 5.60 Å². The van der Waals surface area contributed by atoms with Crippen LogP contribution in [0.3, 0.4) is 0 Å². The van der Waals surface area contributed by atoms with Crippen molar-refractivity contribution in [2.45, 2.75) is 26.4 Å². The molecule has 0 aromatic heterocycles. The molecule has 3 nitrogen and oxygen atoms in total. The number of methoxy groups -OCH3 is 1. The highest BCUT2D eigenvalue weighted by Crippen LogP contribution is 2.43. The van der Waals surface area contributed by atoms with Crippen LogP contribution in [0.4, 0.5) is 0 Å². The van der Waals surface area contributed by atoms with E-state index in [1.54, 1.807) is 6.07 Å². The van der Waals surface area contributed by atoms with Crippen molar-refractivity contribution in [2.24, 2.45) is 0 Å². The Morgan fingerprint density at radius 2 is 0.804 bits per heavy atom. The quantitative estimate of drug-likeness (QED) is 0.133. The number of hydrogen-bond acceptors (Lipinski definition) is 3. The average molecular weight is 1060 g/mol. The van der Waals surface area contributed by atoms with Gasteiger partial charge < -0.3 is 9.84 Å². The molecule has 0 aliphatic heterocycles. The van der Waals surface area contributed by atoms with Crippen LogP contribution in [0.2, 0.25) is 0 Å². The summed E-state index contributed by atoms with van der Waals surface area (Å²) in [7, 11) is 1.38. The highest BCUT2D eigenvalue weighted by Gasteiger charge is 2.36. The Bertz CT molecular complexity index is 2310. The van der Waals surface area contributed by atoms with Crippen LogP contribution in [0.5, 0.6) is 0 Å². The third kappa shape index (κ3) is 11.3. The number of esters is 1. The van der Waals surface area contributed by atoms with E-state index in [0.29, 0.717) is 5.56 Å². The third-order valence-corrected chi connectivity index (χ3v) is 11.6. The van der Waals surface area contributed by atoms with Gasteiger partial charge in [-0.3, -0.25) is 0 Å². The molecule has 0 atom stereocenters. The molecular formula is C48H39Br5O3. The third-order valence-electron chi connectivity index (χ3n) is 9.02. The first-order valence-electron chi connectivity index (χ1n) is 17.6. The lowest BCUT2D eigenvalue weighted by molar-refractivity contribution is 0.0601. The molecule has 56 heavy (non-hydrogen) atoms. The van der Waals surface area contributed by atoms with Crippen LogP contribution in [0.1, 0.15) is 43.7 Å². The molecule has 0 saturated carbocycles. The summed E-state index contributed by atoms with van der Waals surface area (Å²) in [4.78, 5) is 11.8. The smallest absolute Gasteiger partial charge is 0.338 e. The van der Waals surface area contributed by atoms with Crippen LogP contribution in [0.25, 0.3) is 22.3 Å². The zero-order valence-corrected chi connectivity index (χ0v) is 39.1. The van der Waals surface area contributed by atoms with Gasteiger partial charge in [0.15, 0.2) is 0 Å². The fraction of sp³-hybridized carbons (Fsp3) is 0.104. The minimum absolute atomic E-state index is 0.339. The van der Waals surface area contributed by atoms with E-state index in [-0.39, 0.29) is 5.97 Å². The molecule has 0 heterocycles. The van der Waals surface area contributed by atoms with E-state index in [0.717, 1.165) is 72.4 Å². The van der Waals surface area contributed by atoms with Gasteiger partial charge in [-0.15, -0.1) is 0 Å². The lowest BCUT2D eigenvalue weighted by Crippen LogP contribution is -2.29. The van der Waals surface area contributed by atoms with Crippen LogP contribution in [-0.2, 0) is 10.3 Å². The van der Waals surface area contributed by atoms with Gasteiger partial charge in [-0.05, 0) is 115 Å². The maximum atomic E-state index is 12.4. The molecule has 0 bridgehead atoms. The van der Waals surface area contributed by atoms with Gasteiger partial charge in [0.1, 0.15) is 5.60 Å². The number of rotatable bonds is 6. The molecule has 0 amide bonds. The highest BCUT2D eigenvalue weighted by molar-refractivity contribution is 9.11. The standard InChI is InChI=1S/C27H22Br2O.C14H10Br2O2.C7H7Br/c1-18-3-9-21(10-4-18)27(30,22-11-5-19(2)6-12-22)26-17-24(29)15-16-25(26)20-7-13-23(28)14-8-20;1-18-14(17)13-8-11(16)6-7-12(13)9-2-4-10(15)5-3-9;1-6-2-4-7(8)5-3-6/h3-17,30H,1-2H3;2-8H,1H3;2-5H,1H3. The summed E-state index contributed by atoms with van der Waals surface area (Å²) in [5.41, 5.74) is 9.28. The summed E-state index contributed by atoms with van der Waals surface area (Å²) in [6, 6.07) is 52.2. The van der Waals surface area contributed by atoms with E-state index in [1.165, 1.54) is 12.7 Å². The van der Waals surface area contributed by atoms with Crippen LogP contribution in [0, 0.1) is 20.8 Å². The number of hydrogen-bond donors (Lipinski definition) is 1. The molecule has 7 rings (SSSR count). The summed E-state index contributed by atoms with van der Waals surface area (Å²) in [6.07, 6.45) is 0. The molecule has 1 N–H and O–H groups in total. The highest BCUT2D eigenvalue weighted by atomic mass is 79.9. The fourth-order valence-corrected chi connectivity index (χ4v) is 7.49. The van der Waals surface area contributed by atoms with Crippen molar-refractivity contribution in [3.8, 4) is 22.3 Å². The number of halogens is 5. The van der Waals surface area contributed by atoms with Crippen molar-refractivity contribution in [1.82, 2.24) is 0 Å². The Morgan fingerprint density at radius 3 is 1.21 bits per heavy atom. The Balaban J connectivity index is 0.000000194. The van der Waals surface area contributed by atoms with E-state index in [4.69, 9.17) is 4.74 Å². The molecule has 0 unspecified atom stereocenters. The van der Waals surface area contributed by atoms with Crippen molar-refractivity contribution in [1.29, 1.82) is 0 Å². The summed E-state index contributed by atoms with van der Waals surface area (Å²) in [5.74, 6) is -0.339. The Kier molecular flexibility index (Phi) is 15.7. The molecule has 7 aromatic rings. The van der Waals surface area contributed by atoms with Gasteiger partial charge >= 0.3 is 5.97 Å². The first-order chi connectivity index (χ1) is 26.8. The first kappa shape index (κ1) is 43.5. The number of ether oxygens (including phenoxy) is 1. The van der Waals surface area contributed by atoms with E-state index >= 15 is 0 Å². The molecule has 0 saturated heterocycles. The topological polar surface area (TPSA) is 46.5 Å². The molecule has 284 valence electrons. The molecule has 0 fully saturated rings. The summed E-state index contributed by atoms with van der Waals surface area (Å²) < 4.78 is 9.76. The van der Waals surface area contributed by atoms with Gasteiger partial charge in [0.25, 0.3) is 0 Å². The van der Waals surface area contributed by atoms with E-state index in [1.807, 2.05) is 121 Å². The lowest BCUT2D eigenvalue weighted by atomic mass is 9.77. The lowest BCUT2D eigenvalue weighted by Gasteiger charge is -2.32. The maximum absolute atomic E-state index is 12.4. The summed E-state index contributed by atoms with van der Waals surface area (Å²) in [5, 5.41) is 12.4. The zero-order chi connectivity index (χ0) is 40.4. The van der Waals surface area contributed by atoms with Crippen molar-refractivity contribution in [3.63, 3.8) is 0 Å². The second-order valence-electron chi connectivity index (χ2n) is 13.1. The number of carbonyl (C=O) groups excluding carboxylic acids is 1. The summed E-state index contributed by atoms with van der Waals surface area (Å²) >= 11 is 17.2. The number of carbonyl (C=O) groups is 1. The largest absolute Gasteiger partial charge is 0.465 e. The molecule has 0 radical (unpaired) electrons. The summed E-state index contributed by atoms with van der Waals surface area (Å²) in [6.45, 7) is 6.19. The minimum atomic E-state index is -1.30. The second kappa shape index (κ2) is 20.2. The Hall–Kier alpha value is -3.63. The fourth-order valence-electron chi connectivity index (χ4n) is 5.97. The van der Waals surface area contributed by atoms with Gasteiger partial charge in [-0.25, -0.2) is 4.79 Å². The Morgan fingerprint density at radius 1 is 0.464 bits per heavy atom. The van der Waals surface area contributed by atoms with Crippen LogP contribution in [0.15, 0.2) is 180 Å². The van der Waals surface area contributed by atoms with Gasteiger partial charge in [0.2, 0.25) is 0 Å². The average Bonchev–Trinajstić information content (AvgIpc) is 3.20. The van der Waals surface area contributed by atoms with Crippen molar-refractivity contribution in [3.05, 3.63) is 219 Å². The minimum Gasteiger partial charge on any atom is -0.465 e. The van der Waals surface area contributed by atoms with Crippen LogP contribution < -0.4 is 0 Å². The number of aliphatic hydroxyl groups is 1. The molecule has 0 aliphatic rings. The predicted molar refractivity (Wildman–Crippen MR) is 249 cm³/mol. The van der Waals surface area contributed by atoms with Gasteiger partial charge in [-0.2, -0.15) is 0 Å². The predicted octanol–water partition coefficient (Wildman–Crippen LogP) is 15.2. The molecule has 8 heteroatoms. The maximum Gasteiger partial charge on any atom is 0.338 e. The molecular weight excluding hydrogens is 1020 g/mol. The van der Waals surface area contributed by atoms with Crippen molar-refractivity contribution < 1.29 is 14.6 Å².